The summed E-state index contributed by atoms with van der Waals surface area (Å²) in [6, 6.07) is 0. The molecule has 0 aromatic rings. The summed E-state index contributed by atoms with van der Waals surface area (Å²) in [5.74, 6) is 0. The third kappa shape index (κ3) is 6.13. The molecule has 0 radical (unpaired) electrons. The maximum absolute atomic E-state index is 12.1. The fraction of sp³-hybridized carbons (Fsp3) is 1.00. The fourth-order valence-corrected chi connectivity index (χ4v) is 2.79. The van der Waals surface area contributed by atoms with Gasteiger partial charge < -0.3 is 10.2 Å². The van der Waals surface area contributed by atoms with Crippen LogP contribution in [0.3, 0.4) is 0 Å². The van der Waals surface area contributed by atoms with Crippen molar-refractivity contribution >= 4 is 0 Å². The van der Waals surface area contributed by atoms with Crippen LogP contribution in [0.5, 0.6) is 0 Å². The minimum atomic E-state index is -4.00. The van der Waals surface area contributed by atoms with Crippen LogP contribution in [0.1, 0.15) is 52.4 Å². The van der Waals surface area contributed by atoms with E-state index in [1.54, 1.807) is 0 Å². The van der Waals surface area contributed by atoms with Gasteiger partial charge in [-0.1, -0.05) is 13.8 Å². The highest BCUT2D eigenvalue weighted by Crippen LogP contribution is 2.23. The van der Waals surface area contributed by atoms with E-state index in [0.29, 0.717) is 6.42 Å². The van der Waals surface area contributed by atoms with Gasteiger partial charge >= 0.3 is 6.18 Å². The molecule has 1 N–H and O–H groups in total. The second-order valence-corrected chi connectivity index (χ2v) is 5.62. The lowest BCUT2D eigenvalue weighted by atomic mass is 9.92. The molecule has 0 bridgehead atoms. The van der Waals surface area contributed by atoms with Crippen LogP contribution >= 0.6 is 0 Å². The van der Waals surface area contributed by atoms with E-state index in [-0.39, 0.29) is 12.0 Å². The predicted molar refractivity (Wildman–Crippen MR) is 72.3 cm³/mol. The Kier molecular flexibility index (Phi) is 6.60. The smallest absolute Gasteiger partial charge is 0.310 e. The van der Waals surface area contributed by atoms with Crippen LogP contribution in [0.4, 0.5) is 13.2 Å². The zero-order valence-corrected chi connectivity index (χ0v) is 12.2. The Morgan fingerprint density at radius 1 is 1.16 bits per heavy atom. The lowest BCUT2D eigenvalue weighted by Gasteiger charge is -2.35. The van der Waals surface area contributed by atoms with Crippen LogP contribution in [0.2, 0.25) is 0 Å². The van der Waals surface area contributed by atoms with Gasteiger partial charge in [0.15, 0.2) is 0 Å². The van der Waals surface area contributed by atoms with E-state index in [2.05, 4.69) is 24.1 Å². The largest absolute Gasteiger partial charge is 0.389 e. The van der Waals surface area contributed by atoms with Crippen LogP contribution in [-0.2, 0) is 0 Å². The lowest BCUT2D eigenvalue weighted by Crippen LogP contribution is -2.50. The maximum atomic E-state index is 12.1. The van der Waals surface area contributed by atoms with Gasteiger partial charge in [-0.15, -0.1) is 0 Å². The quantitative estimate of drug-likeness (QED) is 0.748. The molecule has 2 nitrogen and oxygen atoms in total. The van der Waals surface area contributed by atoms with Gasteiger partial charge in [0, 0.05) is 18.5 Å². The number of nitrogens with zero attached hydrogens (tertiary/aromatic N) is 1. The summed E-state index contributed by atoms with van der Waals surface area (Å²) in [5.41, 5.74) is 0.153. The van der Waals surface area contributed by atoms with Crippen molar-refractivity contribution in [3.8, 4) is 0 Å². The molecule has 1 fully saturated rings. The van der Waals surface area contributed by atoms with Crippen LogP contribution < -0.4 is 5.32 Å². The third-order valence-electron chi connectivity index (χ3n) is 4.22. The zero-order chi connectivity index (χ0) is 14.4. The molecule has 19 heavy (non-hydrogen) atoms. The molecule has 0 aromatic heterocycles. The normalized spacial score (nSPS) is 21.3. The highest BCUT2D eigenvalue weighted by molar-refractivity contribution is 4.91. The molecule has 1 aliphatic heterocycles. The number of hydrogen-bond donors (Lipinski definition) is 1. The molecule has 1 saturated heterocycles. The minimum Gasteiger partial charge on any atom is -0.310 e. The van der Waals surface area contributed by atoms with E-state index >= 15 is 0 Å². The minimum absolute atomic E-state index is 0.153. The summed E-state index contributed by atoms with van der Waals surface area (Å²) in [7, 11) is 0. The molecule has 1 aliphatic rings. The molecular formula is C14H27F3N2. The molecule has 0 saturated carbocycles. The van der Waals surface area contributed by atoms with Crippen LogP contribution in [-0.4, -0.2) is 42.8 Å². The molecule has 0 aliphatic carbocycles. The number of unbranched alkanes of at least 4 members (excludes halogenated alkanes) is 1. The topological polar surface area (TPSA) is 15.3 Å². The molecule has 5 heteroatoms. The maximum Gasteiger partial charge on any atom is 0.389 e. The predicted octanol–water partition coefficient (Wildman–Crippen LogP) is 3.57. The first-order valence-corrected chi connectivity index (χ1v) is 7.45. The van der Waals surface area contributed by atoms with E-state index < -0.39 is 12.6 Å². The lowest BCUT2D eigenvalue weighted by molar-refractivity contribution is -0.135. The van der Waals surface area contributed by atoms with E-state index in [4.69, 9.17) is 0 Å². The summed E-state index contributed by atoms with van der Waals surface area (Å²) >= 11 is 0. The Morgan fingerprint density at radius 2 is 1.84 bits per heavy atom. The van der Waals surface area contributed by atoms with Crippen molar-refractivity contribution in [1.82, 2.24) is 10.2 Å². The molecule has 1 heterocycles. The number of rotatable bonds is 6. The first kappa shape index (κ1) is 16.8. The van der Waals surface area contributed by atoms with E-state index in [0.717, 1.165) is 45.4 Å². The SMILES string of the molecule is CCC1(CC)CN(CCCCC(F)(F)F)CCCN1. The average molecular weight is 280 g/mol. The Labute approximate surface area is 114 Å². The standard InChI is InChI=1S/C14H27F3N2/c1-3-13(4-2)12-19(11-7-9-18-13)10-6-5-8-14(15,16)17/h18H,3-12H2,1-2H3. The van der Waals surface area contributed by atoms with Gasteiger partial charge in [0.1, 0.15) is 0 Å². The molecular weight excluding hydrogens is 253 g/mol. The Morgan fingerprint density at radius 3 is 2.42 bits per heavy atom. The van der Waals surface area contributed by atoms with Crippen molar-refractivity contribution in [3.63, 3.8) is 0 Å². The summed E-state index contributed by atoms with van der Waals surface area (Å²) in [6.07, 6.45) is -0.531. The molecule has 1 rings (SSSR count). The van der Waals surface area contributed by atoms with E-state index in [1.165, 1.54) is 0 Å². The Balaban J connectivity index is 2.36. The van der Waals surface area contributed by atoms with Crippen molar-refractivity contribution in [2.24, 2.45) is 0 Å². The van der Waals surface area contributed by atoms with Crippen LogP contribution in [0.25, 0.3) is 0 Å². The van der Waals surface area contributed by atoms with Crippen molar-refractivity contribution in [2.75, 3.05) is 26.2 Å². The van der Waals surface area contributed by atoms with Crippen molar-refractivity contribution < 1.29 is 13.2 Å². The number of alkyl halides is 3. The first-order valence-electron chi connectivity index (χ1n) is 7.45. The highest BCUT2D eigenvalue weighted by atomic mass is 19.4. The summed E-state index contributed by atoms with van der Waals surface area (Å²) < 4.78 is 36.3. The van der Waals surface area contributed by atoms with Crippen LogP contribution in [0.15, 0.2) is 0 Å². The monoisotopic (exact) mass is 280 g/mol. The third-order valence-corrected chi connectivity index (χ3v) is 4.22. The average Bonchev–Trinajstić information content (AvgIpc) is 2.56. The van der Waals surface area contributed by atoms with Gasteiger partial charge in [-0.05, 0) is 51.7 Å². The van der Waals surface area contributed by atoms with Gasteiger partial charge in [-0.25, -0.2) is 0 Å². The number of hydrogen-bond acceptors (Lipinski definition) is 2. The first-order chi connectivity index (χ1) is 8.91. The van der Waals surface area contributed by atoms with Gasteiger partial charge in [0.25, 0.3) is 0 Å². The zero-order valence-electron chi connectivity index (χ0n) is 12.2. The number of halogens is 3. The van der Waals surface area contributed by atoms with E-state index in [1.807, 2.05) is 0 Å². The van der Waals surface area contributed by atoms with E-state index in [9.17, 15) is 13.2 Å². The second kappa shape index (κ2) is 7.48. The molecule has 0 unspecified atom stereocenters. The van der Waals surface area contributed by atoms with Crippen LogP contribution in [0, 0.1) is 0 Å². The molecule has 0 spiro atoms. The Hall–Kier alpha value is -0.290. The van der Waals surface area contributed by atoms with Gasteiger partial charge in [0.2, 0.25) is 0 Å². The number of nitrogens with one attached hydrogen (secondary N) is 1. The molecule has 0 aromatic carbocycles. The highest BCUT2D eigenvalue weighted by Gasteiger charge is 2.30. The molecule has 0 atom stereocenters. The van der Waals surface area contributed by atoms with Gasteiger partial charge in [-0.2, -0.15) is 13.2 Å². The second-order valence-electron chi connectivity index (χ2n) is 5.62. The summed E-state index contributed by atoms with van der Waals surface area (Å²) in [5, 5.41) is 3.62. The van der Waals surface area contributed by atoms with Gasteiger partial charge in [0.05, 0.1) is 0 Å². The van der Waals surface area contributed by atoms with Crippen molar-refractivity contribution in [2.45, 2.75) is 64.1 Å². The molecule has 0 amide bonds. The summed E-state index contributed by atoms with van der Waals surface area (Å²) in [6.45, 7) is 8.14. The Bertz CT molecular complexity index is 250. The van der Waals surface area contributed by atoms with Crippen molar-refractivity contribution in [1.29, 1.82) is 0 Å². The summed E-state index contributed by atoms with van der Waals surface area (Å²) in [4.78, 5) is 2.34. The fourth-order valence-electron chi connectivity index (χ4n) is 2.79. The molecule has 114 valence electrons. The van der Waals surface area contributed by atoms with Gasteiger partial charge in [-0.3, -0.25) is 0 Å². The van der Waals surface area contributed by atoms with Crippen molar-refractivity contribution in [3.05, 3.63) is 0 Å².